The van der Waals surface area contributed by atoms with Crippen LogP contribution in [-0.2, 0) is 36.8 Å². The minimum absolute atomic E-state index is 0.163. The van der Waals surface area contributed by atoms with Gasteiger partial charge in [0.15, 0.2) is 5.78 Å². The van der Waals surface area contributed by atoms with E-state index in [1.807, 2.05) is 18.2 Å². The van der Waals surface area contributed by atoms with Gasteiger partial charge in [-0.1, -0.05) is 66.7 Å². The number of Topliss-reactive ketones (excluding diaryl/α,β-unsaturated/α-hetero) is 1. The average Bonchev–Trinajstić information content (AvgIpc) is 3.84. The van der Waals surface area contributed by atoms with Gasteiger partial charge in [-0.3, -0.25) is 9.36 Å². The summed E-state index contributed by atoms with van der Waals surface area (Å²) in [6, 6.07) is 28.6. The van der Waals surface area contributed by atoms with E-state index in [2.05, 4.69) is 21.6 Å². The van der Waals surface area contributed by atoms with Gasteiger partial charge in [-0.05, 0) is 98.8 Å². The van der Waals surface area contributed by atoms with Gasteiger partial charge < -0.3 is 4.74 Å². The van der Waals surface area contributed by atoms with Crippen LogP contribution in [0.2, 0.25) is 0 Å². The Balaban J connectivity index is 1.58. The fourth-order valence-corrected chi connectivity index (χ4v) is 6.72. The standard InChI is InChI=1S/C34H30F3O6P/c1-41-33(39)27-11-15-29(16-12-27)34(32(38)26-13-17-30(35)18-14-26,21-28-19-31(28)25-5-3-2-4-6-25)20-23-7-9-24(10-8-23)22-44(40,42-36)43-37/h2-18,28,31H,19-22H2,1H3. The molecule has 0 spiro atoms. The van der Waals surface area contributed by atoms with Crippen molar-refractivity contribution in [2.45, 2.75) is 36.8 Å². The Labute approximate surface area is 253 Å². The molecule has 4 aromatic carbocycles. The smallest absolute Gasteiger partial charge is 0.399 e. The molecule has 10 heteroatoms. The molecule has 1 fully saturated rings. The molecule has 3 atom stereocenters. The maximum atomic E-state index is 14.6. The van der Waals surface area contributed by atoms with Crippen LogP contribution in [0.1, 0.15) is 61.7 Å². The zero-order chi connectivity index (χ0) is 31.3. The van der Waals surface area contributed by atoms with E-state index in [-0.39, 0.29) is 24.0 Å². The molecular formula is C34H30F3O6P. The highest BCUT2D eigenvalue weighted by molar-refractivity contribution is 7.52. The van der Waals surface area contributed by atoms with Gasteiger partial charge in [0.2, 0.25) is 0 Å². The Hall–Kier alpha value is -4.04. The van der Waals surface area contributed by atoms with E-state index < -0.39 is 31.0 Å². The predicted molar refractivity (Wildman–Crippen MR) is 158 cm³/mol. The van der Waals surface area contributed by atoms with Crippen LogP contribution in [0.4, 0.5) is 13.4 Å². The molecule has 4 aromatic rings. The van der Waals surface area contributed by atoms with E-state index in [4.69, 9.17) is 4.74 Å². The quantitative estimate of drug-likeness (QED) is 0.0844. The molecule has 1 aliphatic rings. The van der Waals surface area contributed by atoms with Crippen LogP contribution in [-0.4, -0.2) is 18.9 Å². The lowest BCUT2D eigenvalue weighted by atomic mass is 9.67. The highest BCUT2D eigenvalue weighted by atomic mass is 31.2. The molecule has 0 N–H and O–H groups in total. The lowest BCUT2D eigenvalue weighted by Gasteiger charge is -2.34. The predicted octanol–water partition coefficient (Wildman–Crippen LogP) is 8.66. The first-order chi connectivity index (χ1) is 21.2. The van der Waals surface area contributed by atoms with Crippen molar-refractivity contribution in [1.29, 1.82) is 0 Å². The van der Waals surface area contributed by atoms with E-state index in [9.17, 15) is 27.6 Å². The molecular weight excluding hydrogens is 592 g/mol. The van der Waals surface area contributed by atoms with Crippen LogP contribution in [0, 0.1) is 11.7 Å². The Bertz CT molecular complexity index is 1640. The number of halogens is 3. The number of hydrogen-bond acceptors (Lipinski definition) is 6. The molecule has 0 saturated heterocycles. The summed E-state index contributed by atoms with van der Waals surface area (Å²) >= 11 is 0. The fraction of sp³-hybridized carbons (Fsp3) is 0.235. The van der Waals surface area contributed by atoms with Gasteiger partial charge in [0, 0.05) is 5.56 Å². The van der Waals surface area contributed by atoms with Crippen LogP contribution >= 0.6 is 7.60 Å². The molecule has 0 aromatic heterocycles. The van der Waals surface area contributed by atoms with Crippen molar-refractivity contribution in [2.24, 2.45) is 5.92 Å². The van der Waals surface area contributed by atoms with Crippen molar-refractivity contribution in [3.63, 3.8) is 0 Å². The van der Waals surface area contributed by atoms with E-state index >= 15 is 0 Å². The van der Waals surface area contributed by atoms with Crippen molar-refractivity contribution in [2.75, 3.05) is 7.11 Å². The topological polar surface area (TPSA) is 78.9 Å². The maximum absolute atomic E-state index is 14.6. The average molecular weight is 623 g/mol. The number of ketones is 1. The van der Waals surface area contributed by atoms with Gasteiger partial charge in [-0.15, -0.1) is 9.46 Å². The van der Waals surface area contributed by atoms with Crippen molar-refractivity contribution < 1.29 is 41.8 Å². The van der Waals surface area contributed by atoms with E-state index in [1.165, 1.54) is 49.1 Å². The molecule has 3 unspecified atom stereocenters. The normalized spacial score (nSPS) is 17.5. The summed E-state index contributed by atoms with van der Waals surface area (Å²) in [5, 5.41) is 0. The molecule has 228 valence electrons. The van der Waals surface area contributed by atoms with Gasteiger partial charge in [-0.25, -0.2) is 9.18 Å². The Morgan fingerprint density at radius 3 is 2.00 bits per heavy atom. The molecule has 0 heterocycles. The Kier molecular flexibility index (Phi) is 9.49. The Morgan fingerprint density at radius 2 is 1.41 bits per heavy atom. The second-order valence-electron chi connectivity index (χ2n) is 11.1. The van der Waals surface area contributed by atoms with Gasteiger partial charge >= 0.3 is 13.6 Å². The summed E-state index contributed by atoms with van der Waals surface area (Å²) in [7, 11) is -3.30. The number of carbonyl (C=O) groups is 2. The van der Waals surface area contributed by atoms with Gasteiger partial charge in [0.25, 0.3) is 0 Å². The van der Waals surface area contributed by atoms with Crippen molar-refractivity contribution in [3.05, 3.63) is 142 Å². The largest absolute Gasteiger partial charge is 0.465 e. The first-order valence-electron chi connectivity index (χ1n) is 14.0. The molecule has 1 aliphatic carbocycles. The molecule has 0 radical (unpaired) electrons. The summed E-state index contributed by atoms with van der Waals surface area (Å²) in [5.41, 5.74) is 2.39. The molecule has 0 bridgehead atoms. The summed E-state index contributed by atoms with van der Waals surface area (Å²) in [6.07, 6.45) is 0.928. The summed E-state index contributed by atoms with van der Waals surface area (Å²) in [4.78, 5) is 26.8. The number of rotatable bonds is 13. The summed E-state index contributed by atoms with van der Waals surface area (Å²) in [6.45, 7) is 0. The molecule has 0 aliphatic heterocycles. The highest BCUT2D eigenvalue weighted by Gasteiger charge is 2.49. The Morgan fingerprint density at radius 1 is 0.818 bits per heavy atom. The van der Waals surface area contributed by atoms with Crippen molar-refractivity contribution in [1.82, 2.24) is 0 Å². The highest BCUT2D eigenvalue weighted by Crippen LogP contribution is 2.55. The van der Waals surface area contributed by atoms with E-state index in [0.29, 0.717) is 28.7 Å². The second-order valence-corrected chi connectivity index (χ2v) is 12.9. The fourth-order valence-electron chi connectivity index (χ4n) is 5.94. The molecule has 0 amide bonds. The first kappa shape index (κ1) is 31.4. The third-order valence-corrected chi connectivity index (χ3v) is 9.45. The van der Waals surface area contributed by atoms with Gasteiger partial charge in [0.1, 0.15) is 5.82 Å². The third kappa shape index (κ3) is 6.86. The van der Waals surface area contributed by atoms with Crippen molar-refractivity contribution in [3.8, 4) is 0 Å². The molecule has 44 heavy (non-hydrogen) atoms. The van der Waals surface area contributed by atoms with Gasteiger partial charge in [0.05, 0.1) is 24.3 Å². The van der Waals surface area contributed by atoms with Crippen molar-refractivity contribution >= 4 is 19.3 Å². The minimum atomic E-state index is -4.59. The monoisotopic (exact) mass is 622 g/mol. The minimum Gasteiger partial charge on any atom is -0.465 e. The first-order valence-corrected chi connectivity index (χ1v) is 15.7. The SMILES string of the molecule is COC(=O)c1ccc(C(Cc2ccc(CP(=O)(OF)OF)cc2)(CC2CC2c2ccccc2)C(=O)c2ccc(F)cc2)cc1. The van der Waals surface area contributed by atoms with Crippen LogP contribution in [0.25, 0.3) is 0 Å². The number of esters is 1. The van der Waals surface area contributed by atoms with Crippen LogP contribution in [0.5, 0.6) is 0 Å². The summed E-state index contributed by atoms with van der Waals surface area (Å²) < 4.78 is 62.5. The molecule has 1 saturated carbocycles. The number of ether oxygens (including phenoxy) is 1. The number of carbonyl (C=O) groups excluding carboxylic acids is 2. The lowest BCUT2D eigenvalue weighted by molar-refractivity contribution is -0.0881. The maximum Gasteiger partial charge on any atom is 0.399 e. The van der Waals surface area contributed by atoms with Crippen LogP contribution in [0.15, 0.2) is 103 Å². The van der Waals surface area contributed by atoms with E-state index in [1.54, 1.807) is 36.4 Å². The number of hydrogen-bond donors (Lipinski definition) is 0. The lowest BCUT2D eigenvalue weighted by Crippen LogP contribution is -2.39. The second kappa shape index (κ2) is 13.3. The zero-order valence-electron chi connectivity index (χ0n) is 23.8. The van der Waals surface area contributed by atoms with Gasteiger partial charge in [-0.2, -0.15) is 0 Å². The number of benzene rings is 4. The number of methoxy groups -OCH3 is 1. The van der Waals surface area contributed by atoms with E-state index in [0.717, 1.165) is 12.0 Å². The van der Waals surface area contributed by atoms with Crippen LogP contribution < -0.4 is 0 Å². The summed E-state index contributed by atoms with van der Waals surface area (Å²) in [5.74, 6) is -0.782. The molecule has 5 rings (SSSR count). The van der Waals surface area contributed by atoms with Crippen LogP contribution in [0.3, 0.4) is 0 Å². The molecule has 6 nitrogen and oxygen atoms in total. The third-order valence-electron chi connectivity index (χ3n) is 8.28. The zero-order valence-corrected chi connectivity index (χ0v) is 24.7.